The van der Waals surface area contributed by atoms with Crippen molar-refractivity contribution in [3.8, 4) is 0 Å². The summed E-state index contributed by atoms with van der Waals surface area (Å²) in [7, 11) is 0. The number of benzene rings is 1. The van der Waals surface area contributed by atoms with Gasteiger partial charge in [0.1, 0.15) is 12.4 Å². The molecule has 2 nitrogen and oxygen atoms in total. The van der Waals surface area contributed by atoms with Gasteiger partial charge in [0.25, 0.3) is 0 Å². The smallest absolute Gasteiger partial charge is 0.359 e. The van der Waals surface area contributed by atoms with Crippen LogP contribution < -0.4 is 10.6 Å². The van der Waals surface area contributed by atoms with E-state index < -0.39 is 18.5 Å². The SMILES string of the molecule is NCc1cc(F)cc(N(CC(F)(F)F)C2CC2)c1. The third-order valence-corrected chi connectivity index (χ3v) is 2.85. The van der Waals surface area contributed by atoms with Gasteiger partial charge in [-0.2, -0.15) is 13.2 Å². The highest BCUT2D eigenvalue weighted by Crippen LogP contribution is 2.35. The minimum atomic E-state index is -4.29. The number of alkyl halides is 3. The van der Waals surface area contributed by atoms with Crippen LogP contribution in [0.4, 0.5) is 23.2 Å². The minimum Gasteiger partial charge on any atom is -0.359 e. The quantitative estimate of drug-likeness (QED) is 0.845. The zero-order valence-corrected chi connectivity index (χ0v) is 9.67. The van der Waals surface area contributed by atoms with Crippen LogP contribution in [-0.2, 0) is 6.54 Å². The average Bonchev–Trinajstić information content (AvgIpc) is 3.07. The number of nitrogens with two attached hydrogens (primary N) is 1. The first-order chi connectivity index (χ1) is 8.39. The Bertz CT molecular complexity index is 427. The molecule has 2 rings (SSSR count). The second-order valence-corrected chi connectivity index (χ2v) is 4.50. The molecule has 0 atom stereocenters. The number of hydrogen-bond donors (Lipinski definition) is 1. The molecule has 0 radical (unpaired) electrons. The lowest BCUT2D eigenvalue weighted by atomic mass is 10.1. The second kappa shape index (κ2) is 4.76. The van der Waals surface area contributed by atoms with Gasteiger partial charge < -0.3 is 10.6 Å². The van der Waals surface area contributed by atoms with Gasteiger partial charge >= 0.3 is 6.18 Å². The molecular formula is C12H14F4N2. The van der Waals surface area contributed by atoms with E-state index in [1.807, 2.05) is 0 Å². The monoisotopic (exact) mass is 262 g/mol. The van der Waals surface area contributed by atoms with Crippen molar-refractivity contribution in [1.29, 1.82) is 0 Å². The summed E-state index contributed by atoms with van der Waals surface area (Å²) in [6, 6.07) is 3.75. The average molecular weight is 262 g/mol. The molecule has 18 heavy (non-hydrogen) atoms. The Hall–Kier alpha value is -1.30. The van der Waals surface area contributed by atoms with E-state index in [0.717, 1.165) is 6.07 Å². The summed E-state index contributed by atoms with van der Waals surface area (Å²) in [5, 5.41) is 0. The van der Waals surface area contributed by atoms with Crippen LogP contribution in [0.15, 0.2) is 18.2 Å². The normalized spacial score (nSPS) is 15.8. The molecule has 0 spiro atoms. The van der Waals surface area contributed by atoms with Crippen molar-refractivity contribution in [2.24, 2.45) is 5.73 Å². The van der Waals surface area contributed by atoms with Crippen molar-refractivity contribution < 1.29 is 17.6 Å². The van der Waals surface area contributed by atoms with Crippen molar-refractivity contribution in [1.82, 2.24) is 0 Å². The van der Waals surface area contributed by atoms with Crippen molar-refractivity contribution >= 4 is 5.69 Å². The summed E-state index contributed by atoms with van der Waals surface area (Å²) in [4.78, 5) is 1.21. The second-order valence-electron chi connectivity index (χ2n) is 4.50. The number of rotatable bonds is 4. The third-order valence-electron chi connectivity index (χ3n) is 2.85. The third kappa shape index (κ3) is 3.35. The van der Waals surface area contributed by atoms with E-state index in [1.54, 1.807) is 0 Å². The Kier molecular flexibility index (Phi) is 3.47. The highest BCUT2D eigenvalue weighted by atomic mass is 19.4. The molecule has 1 saturated carbocycles. The maximum atomic E-state index is 13.3. The maximum absolute atomic E-state index is 13.3. The van der Waals surface area contributed by atoms with Gasteiger partial charge in [0, 0.05) is 18.3 Å². The molecule has 0 unspecified atom stereocenters. The molecule has 0 saturated heterocycles. The highest BCUT2D eigenvalue weighted by molar-refractivity contribution is 5.51. The largest absolute Gasteiger partial charge is 0.405 e. The summed E-state index contributed by atoms with van der Waals surface area (Å²) in [6.07, 6.45) is -2.87. The molecule has 1 fully saturated rings. The number of anilines is 1. The van der Waals surface area contributed by atoms with Crippen molar-refractivity contribution in [2.45, 2.75) is 31.6 Å². The topological polar surface area (TPSA) is 29.3 Å². The standard InChI is InChI=1S/C12H14F4N2/c13-9-3-8(6-17)4-11(5-9)18(10-1-2-10)7-12(14,15)16/h3-5,10H,1-2,6-7,17H2. The molecular weight excluding hydrogens is 248 g/mol. The number of halogens is 4. The van der Waals surface area contributed by atoms with Gasteiger partial charge in [-0.25, -0.2) is 4.39 Å². The summed E-state index contributed by atoms with van der Waals surface area (Å²) in [5.74, 6) is -0.555. The lowest BCUT2D eigenvalue weighted by Crippen LogP contribution is -2.36. The van der Waals surface area contributed by atoms with Crippen molar-refractivity contribution in [3.63, 3.8) is 0 Å². The molecule has 1 aliphatic rings. The summed E-state index contributed by atoms with van der Waals surface area (Å²) in [6.45, 7) is -0.944. The van der Waals surface area contributed by atoms with E-state index in [9.17, 15) is 17.6 Å². The van der Waals surface area contributed by atoms with Crippen LogP contribution in [0.2, 0.25) is 0 Å². The summed E-state index contributed by atoms with van der Waals surface area (Å²) in [5.41, 5.74) is 6.16. The molecule has 1 aliphatic carbocycles. The van der Waals surface area contributed by atoms with Crippen LogP contribution in [0.5, 0.6) is 0 Å². The maximum Gasteiger partial charge on any atom is 0.405 e. The molecule has 6 heteroatoms. The van der Waals surface area contributed by atoms with E-state index >= 15 is 0 Å². The van der Waals surface area contributed by atoms with E-state index in [4.69, 9.17) is 5.73 Å². The van der Waals surface area contributed by atoms with Crippen LogP contribution in [0.25, 0.3) is 0 Å². The van der Waals surface area contributed by atoms with Crippen molar-refractivity contribution in [2.75, 3.05) is 11.4 Å². The first kappa shape index (κ1) is 13.1. The van der Waals surface area contributed by atoms with Crippen LogP contribution in [0, 0.1) is 5.82 Å². The Morgan fingerprint density at radius 3 is 2.39 bits per heavy atom. The Morgan fingerprint density at radius 2 is 1.89 bits per heavy atom. The van der Waals surface area contributed by atoms with Gasteiger partial charge in [-0.3, -0.25) is 0 Å². The van der Waals surface area contributed by atoms with E-state index in [-0.39, 0.29) is 18.3 Å². The van der Waals surface area contributed by atoms with Gasteiger partial charge in [0.15, 0.2) is 0 Å². The Balaban J connectivity index is 2.27. The molecule has 1 aromatic carbocycles. The first-order valence-electron chi connectivity index (χ1n) is 5.72. The Labute approximate surface area is 102 Å². The Morgan fingerprint density at radius 1 is 1.22 bits per heavy atom. The fraction of sp³-hybridized carbons (Fsp3) is 0.500. The molecule has 0 aliphatic heterocycles. The molecule has 100 valence electrons. The van der Waals surface area contributed by atoms with Gasteiger partial charge in [0.05, 0.1) is 0 Å². The van der Waals surface area contributed by atoms with Gasteiger partial charge in [-0.1, -0.05) is 0 Å². The lowest BCUT2D eigenvalue weighted by molar-refractivity contribution is -0.120. The number of hydrogen-bond acceptors (Lipinski definition) is 2. The molecule has 0 heterocycles. The predicted molar refractivity (Wildman–Crippen MR) is 60.7 cm³/mol. The van der Waals surface area contributed by atoms with E-state index in [2.05, 4.69) is 0 Å². The van der Waals surface area contributed by atoms with E-state index in [0.29, 0.717) is 18.4 Å². The molecule has 0 aromatic heterocycles. The minimum absolute atomic E-state index is 0.106. The van der Waals surface area contributed by atoms with Crippen LogP contribution in [0.1, 0.15) is 18.4 Å². The molecule has 1 aromatic rings. The van der Waals surface area contributed by atoms with Gasteiger partial charge in [-0.05, 0) is 36.6 Å². The summed E-state index contributed by atoms with van der Waals surface area (Å²) < 4.78 is 50.8. The zero-order valence-electron chi connectivity index (χ0n) is 9.67. The first-order valence-corrected chi connectivity index (χ1v) is 5.72. The molecule has 0 bridgehead atoms. The van der Waals surface area contributed by atoms with Crippen molar-refractivity contribution in [3.05, 3.63) is 29.6 Å². The van der Waals surface area contributed by atoms with Crippen LogP contribution in [0.3, 0.4) is 0 Å². The predicted octanol–water partition coefficient (Wildman–Crippen LogP) is 2.82. The van der Waals surface area contributed by atoms with Crippen LogP contribution >= 0.6 is 0 Å². The fourth-order valence-electron chi connectivity index (χ4n) is 1.93. The zero-order chi connectivity index (χ0) is 13.3. The summed E-state index contributed by atoms with van der Waals surface area (Å²) >= 11 is 0. The fourth-order valence-corrected chi connectivity index (χ4v) is 1.93. The van der Waals surface area contributed by atoms with Gasteiger partial charge in [-0.15, -0.1) is 0 Å². The lowest BCUT2D eigenvalue weighted by Gasteiger charge is -2.26. The molecule has 2 N–H and O–H groups in total. The number of nitrogens with zero attached hydrogens (tertiary/aromatic N) is 1. The highest BCUT2D eigenvalue weighted by Gasteiger charge is 2.38. The molecule has 0 amide bonds. The van der Waals surface area contributed by atoms with E-state index in [1.165, 1.54) is 17.0 Å². The van der Waals surface area contributed by atoms with Crippen LogP contribution in [-0.4, -0.2) is 18.8 Å². The van der Waals surface area contributed by atoms with Gasteiger partial charge in [0.2, 0.25) is 0 Å².